The Kier molecular flexibility index (Phi) is 9.79. The van der Waals surface area contributed by atoms with Crippen molar-refractivity contribution in [1.82, 2.24) is 0 Å². The van der Waals surface area contributed by atoms with Crippen LogP contribution in [0, 0.1) is 13.8 Å². The number of carboxylic acids is 1. The third-order valence-corrected chi connectivity index (χ3v) is 4.57. The van der Waals surface area contributed by atoms with Crippen LogP contribution in [-0.4, -0.2) is 11.1 Å². The van der Waals surface area contributed by atoms with Crippen LogP contribution in [0.25, 0.3) is 0 Å². The molecule has 0 spiro atoms. The van der Waals surface area contributed by atoms with Gasteiger partial charge in [0.25, 0.3) is 0 Å². The minimum absolute atomic E-state index is 0. The highest BCUT2D eigenvalue weighted by Gasteiger charge is 2.07. The third-order valence-electron chi connectivity index (χ3n) is 3.69. The van der Waals surface area contributed by atoms with E-state index < -0.39 is 5.97 Å². The van der Waals surface area contributed by atoms with Gasteiger partial charge in [-0.1, -0.05) is 59.9 Å². The average molecular weight is 467 g/mol. The van der Waals surface area contributed by atoms with Gasteiger partial charge in [-0.3, -0.25) is 0 Å². The molecule has 3 rings (SSSR count). The Morgan fingerprint density at radius 3 is 1.90 bits per heavy atom. The Balaban J connectivity index is 0.000000348. The summed E-state index contributed by atoms with van der Waals surface area (Å²) < 4.78 is 0. The minimum atomic E-state index is -0.875. The lowest BCUT2D eigenvalue weighted by molar-refractivity contribution is 0.0697. The lowest BCUT2D eigenvalue weighted by Crippen LogP contribution is -1.94. The van der Waals surface area contributed by atoms with E-state index in [0.29, 0.717) is 37.7 Å². The SMILES string of the molecule is C.Cc1cc(Cl)c(N=Nc2ccc(N)cc2Cl)c(Cl)c1.Cc1ccc(C(=O)O)cc1. The van der Waals surface area contributed by atoms with Crippen molar-refractivity contribution in [3.8, 4) is 0 Å². The van der Waals surface area contributed by atoms with E-state index in [-0.39, 0.29) is 7.43 Å². The van der Waals surface area contributed by atoms with Crippen LogP contribution < -0.4 is 5.73 Å². The van der Waals surface area contributed by atoms with Crippen LogP contribution >= 0.6 is 34.8 Å². The number of carbonyl (C=O) groups is 1. The molecule has 0 aliphatic heterocycles. The zero-order valence-electron chi connectivity index (χ0n) is 15.7. The number of hydrogen-bond acceptors (Lipinski definition) is 4. The molecule has 0 radical (unpaired) electrons. The zero-order valence-corrected chi connectivity index (χ0v) is 17.9. The first-order chi connectivity index (χ1) is 13.7. The van der Waals surface area contributed by atoms with E-state index in [1.54, 1.807) is 54.6 Å². The third kappa shape index (κ3) is 7.34. The van der Waals surface area contributed by atoms with Crippen LogP contribution in [0.15, 0.2) is 64.8 Å². The molecule has 0 unspecified atom stereocenters. The van der Waals surface area contributed by atoms with Crippen LogP contribution in [-0.2, 0) is 0 Å². The molecule has 0 heterocycles. The maximum atomic E-state index is 10.3. The standard InChI is InChI=1S/C13H10Cl3N3.C8H8O2.CH4/c1-7-4-10(15)13(11(16)5-7)19-18-12-3-2-8(17)6-9(12)14;1-6-2-4-7(5-3-6)8(9)10;/h2-6H,17H2,1H3;2-5H,1H3,(H,9,10);1H4. The van der Waals surface area contributed by atoms with Gasteiger partial charge < -0.3 is 10.8 Å². The number of nitrogens with two attached hydrogens (primary N) is 1. The molecule has 0 saturated carbocycles. The summed E-state index contributed by atoms with van der Waals surface area (Å²) in [5, 5.41) is 17.9. The van der Waals surface area contributed by atoms with Crippen molar-refractivity contribution in [1.29, 1.82) is 0 Å². The zero-order chi connectivity index (χ0) is 21.6. The van der Waals surface area contributed by atoms with Gasteiger partial charge in [-0.2, -0.15) is 0 Å². The number of carboxylic acid groups (broad SMARTS) is 1. The molecule has 158 valence electrons. The summed E-state index contributed by atoms with van der Waals surface area (Å²) in [6.07, 6.45) is 0. The van der Waals surface area contributed by atoms with Gasteiger partial charge in [0.05, 0.1) is 20.6 Å². The molecule has 3 aromatic rings. The fourth-order valence-electron chi connectivity index (χ4n) is 2.19. The molecule has 0 aliphatic rings. The van der Waals surface area contributed by atoms with Crippen LogP contribution in [0.1, 0.15) is 28.9 Å². The number of azo groups is 1. The summed E-state index contributed by atoms with van der Waals surface area (Å²) in [7, 11) is 0. The first kappa shape index (κ1) is 25.4. The van der Waals surface area contributed by atoms with Gasteiger partial charge >= 0.3 is 5.97 Å². The number of nitrogens with zero attached hydrogens (tertiary/aromatic N) is 2. The predicted octanol–water partition coefficient (Wildman–Crippen LogP) is 8.28. The molecule has 0 saturated heterocycles. The summed E-state index contributed by atoms with van der Waals surface area (Å²) >= 11 is 18.2. The van der Waals surface area contributed by atoms with Crippen molar-refractivity contribution in [3.63, 3.8) is 0 Å². The van der Waals surface area contributed by atoms with Crippen LogP contribution in [0.2, 0.25) is 15.1 Å². The number of aromatic carboxylic acids is 1. The van der Waals surface area contributed by atoms with Crippen molar-refractivity contribution in [2.75, 3.05) is 5.73 Å². The van der Waals surface area contributed by atoms with E-state index in [1.165, 1.54) is 0 Å². The highest BCUT2D eigenvalue weighted by molar-refractivity contribution is 6.38. The van der Waals surface area contributed by atoms with Gasteiger partial charge in [0, 0.05) is 5.69 Å². The molecule has 0 bridgehead atoms. The molecule has 0 amide bonds. The van der Waals surface area contributed by atoms with Crippen LogP contribution in [0.3, 0.4) is 0 Å². The largest absolute Gasteiger partial charge is 0.478 e. The molecule has 8 heteroatoms. The van der Waals surface area contributed by atoms with Gasteiger partial charge in [0.1, 0.15) is 11.4 Å². The Morgan fingerprint density at radius 1 is 0.833 bits per heavy atom. The Bertz CT molecular complexity index is 1030. The van der Waals surface area contributed by atoms with Crippen molar-refractivity contribution < 1.29 is 9.90 Å². The minimum Gasteiger partial charge on any atom is -0.478 e. The number of hydrogen-bond donors (Lipinski definition) is 2. The summed E-state index contributed by atoms with van der Waals surface area (Å²) in [4.78, 5) is 10.3. The van der Waals surface area contributed by atoms with Crippen molar-refractivity contribution in [3.05, 3.63) is 86.4 Å². The highest BCUT2D eigenvalue weighted by Crippen LogP contribution is 2.36. The summed E-state index contributed by atoms with van der Waals surface area (Å²) in [5.41, 5.74) is 9.46. The smallest absolute Gasteiger partial charge is 0.335 e. The topological polar surface area (TPSA) is 88.0 Å². The summed E-state index contributed by atoms with van der Waals surface area (Å²) in [6.45, 7) is 3.82. The second kappa shape index (κ2) is 11.6. The lowest BCUT2D eigenvalue weighted by Gasteiger charge is -2.03. The van der Waals surface area contributed by atoms with E-state index in [4.69, 9.17) is 45.6 Å². The molecule has 5 nitrogen and oxygen atoms in total. The molecule has 0 atom stereocenters. The monoisotopic (exact) mass is 465 g/mol. The fraction of sp³-hybridized carbons (Fsp3) is 0.136. The molecule has 3 N–H and O–H groups in total. The van der Waals surface area contributed by atoms with Gasteiger partial charge in [-0.05, 0) is 61.9 Å². The second-order valence-electron chi connectivity index (χ2n) is 6.16. The molecular formula is C22H22Cl3N3O2. The highest BCUT2D eigenvalue weighted by atomic mass is 35.5. The second-order valence-corrected chi connectivity index (χ2v) is 7.38. The Morgan fingerprint density at radius 2 is 1.40 bits per heavy atom. The Hall–Kier alpha value is -2.60. The normalized spacial score (nSPS) is 10.2. The van der Waals surface area contributed by atoms with E-state index >= 15 is 0 Å². The molecule has 0 aromatic heterocycles. The van der Waals surface area contributed by atoms with Gasteiger partial charge in [-0.15, -0.1) is 10.2 Å². The van der Waals surface area contributed by atoms with Gasteiger partial charge in [0.2, 0.25) is 0 Å². The van der Waals surface area contributed by atoms with Crippen molar-refractivity contribution in [2.45, 2.75) is 21.3 Å². The van der Waals surface area contributed by atoms with Crippen LogP contribution in [0.4, 0.5) is 17.1 Å². The first-order valence-corrected chi connectivity index (χ1v) is 9.53. The number of nitrogen functional groups attached to an aromatic ring is 1. The molecular weight excluding hydrogens is 445 g/mol. The van der Waals surface area contributed by atoms with Crippen LogP contribution in [0.5, 0.6) is 0 Å². The average Bonchev–Trinajstić information content (AvgIpc) is 2.63. The first-order valence-electron chi connectivity index (χ1n) is 8.39. The molecule has 0 fully saturated rings. The van der Waals surface area contributed by atoms with E-state index in [0.717, 1.165) is 11.1 Å². The van der Waals surface area contributed by atoms with E-state index in [2.05, 4.69) is 10.2 Å². The van der Waals surface area contributed by atoms with Crippen molar-refractivity contribution >= 4 is 57.8 Å². The van der Waals surface area contributed by atoms with Crippen molar-refractivity contribution in [2.24, 2.45) is 10.2 Å². The summed E-state index contributed by atoms with van der Waals surface area (Å²) in [6, 6.07) is 15.3. The number of anilines is 1. The van der Waals surface area contributed by atoms with E-state index in [9.17, 15) is 4.79 Å². The number of halogens is 3. The van der Waals surface area contributed by atoms with Gasteiger partial charge in [-0.25, -0.2) is 4.79 Å². The number of benzene rings is 3. The molecule has 3 aromatic carbocycles. The fourth-order valence-corrected chi connectivity index (χ4v) is 3.09. The maximum absolute atomic E-state index is 10.3. The predicted molar refractivity (Wildman–Crippen MR) is 126 cm³/mol. The Labute approximate surface area is 191 Å². The maximum Gasteiger partial charge on any atom is 0.335 e. The quantitative estimate of drug-likeness (QED) is 0.300. The summed E-state index contributed by atoms with van der Waals surface area (Å²) in [5.74, 6) is -0.875. The number of rotatable bonds is 3. The molecule has 0 aliphatic carbocycles. The van der Waals surface area contributed by atoms with E-state index in [1.807, 2.05) is 13.8 Å². The van der Waals surface area contributed by atoms with Gasteiger partial charge in [0.15, 0.2) is 0 Å². The molecule has 30 heavy (non-hydrogen) atoms. The number of aryl methyl sites for hydroxylation is 2. The lowest BCUT2D eigenvalue weighted by atomic mass is 10.2.